The summed E-state index contributed by atoms with van der Waals surface area (Å²) in [7, 11) is 0. The van der Waals surface area contributed by atoms with E-state index in [9.17, 15) is 9.59 Å². The van der Waals surface area contributed by atoms with Gasteiger partial charge in [-0.1, -0.05) is 12.1 Å². The lowest BCUT2D eigenvalue weighted by molar-refractivity contribution is -0.124. The molecule has 7 nitrogen and oxygen atoms in total. The van der Waals surface area contributed by atoms with E-state index < -0.39 is 6.04 Å². The van der Waals surface area contributed by atoms with Crippen molar-refractivity contribution in [2.45, 2.75) is 33.2 Å². The number of amides is 1. The average molecular weight is 356 g/mol. The van der Waals surface area contributed by atoms with E-state index in [1.54, 1.807) is 0 Å². The predicted molar refractivity (Wildman–Crippen MR) is 101 cm³/mol. The molecule has 1 amide bonds. The number of ether oxygens (including phenoxy) is 1. The van der Waals surface area contributed by atoms with Gasteiger partial charge >= 0.3 is 0 Å². The summed E-state index contributed by atoms with van der Waals surface area (Å²) in [6.07, 6.45) is 0.771. The van der Waals surface area contributed by atoms with Crippen LogP contribution in [0, 0.1) is 6.92 Å². The number of carbonyl (C=O) groups is 1. The number of carbonyl (C=O) groups excluding carboxylic acids is 1. The highest BCUT2D eigenvalue weighted by atomic mass is 16.5. The smallest absolute Gasteiger partial charge is 0.273 e. The number of aromatic nitrogens is 3. The molecule has 0 unspecified atom stereocenters. The topological polar surface area (TPSA) is 77.6 Å². The molecule has 26 heavy (non-hydrogen) atoms. The Morgan fingerprint density at radius 2 is 2.12 bits per heavy atom. The summed E-state index contributed by atoms with van der Waals surface area (Å²) < 4.78 is 9.03. The van der Waals surface area contributed by atoms with Crippen LogP contribution < -0.4 is 10.9 Å². The molecule has 3 rings (SSSR count). The fourth-order valence-corrected chi connectivity index (χ4v) is 3.18. The lowest BCUT2D eigenvalue weighted by Gasteiger charge is -2.18. The molecule has 2 aromatic heterocycles. The van der Waals surface area contributed by atoms with Crippen molar-refractivity contribution >= 4 is 22.5 Å². The number of hydrogen-bond donors (Lipinski definition) is 1. The zero-order valence-electron chi connectivity index (χ0n) is 15.4. The van der Waals surface area contributed by atoms with Gasteiger partial charge in [-0.3, -0.25) is 14.3 Å². The van der Waals surface area contributed by atoms with Gasteiger partial charge in [-0.05, 0) is 39.3 Å². The lowest BCUT2D eigenvalue weighted by atomic mass is 10.2. The quantitative estimate of drug-likeness (QED) is 0.658. The van der Waals surface area contributed by atoms with Crippen LogP contribution in [0.25, 0.3) is 16.6 Å². The largest absolute Gasteiger partial charge is 0.382 e. The molecule has 0 spiro atoms. The van der Waals surface area contributed by atoms with E-state index in [-0.39, 0.29) is 11.5 Å². The minimum Gasteiger partial charge on any atom is -0.382 e. The molecule has 7 heteroatoms. The Kier molecular flexibility index (Phi) is 5.37. The van der Waals surface area contributed by atoms with Crippen LogP contribution in [-0.4, -0.2) is 39.8 Å². The van der Waals surface area contributed by atoms with Crippen molar-refractivity contribution in [3.8, 4) is 0 Å². The number of rotatable bonds is 7. The second-order valence-corrected chi connectivity index (χ2v) is 6.25. The van der Waals surface area contributed by atoms with Crippen molar-refractivity contribution in [2.24, 2.45) is 0 Å². The third kappa shape index (κ3) is 3.35. The number of para-hydroxylation sites is 1. The van der Waals surface area contributed by atoms with Gasteiger partial charge in [0.1, 0.15) is 6.04 Å². The molecule has 0 saturated heterocycles. The summed E-state index contributed by atoms with van der Waals surface area (Å²) in [4.78, 5) is 28.7. The highest BCUT2D eigenvalue weighted by Gasteiger charge is 2.21. The van der Waals surface area contributed by atoms with Crippen molar-refractivity contribution in [3.05, 3.63) is 46.4 Å². The van der Waals surface area contributed by atoms with Crippen LogP contribution in [-0.2, 0) is 9.53 Å². The number of nitrogens with one attached hydrogen (secondary N) is 1. The SMILES string of the molecule is CCOCCCNC(=O)[C@H](C)n1c2ccccc2c2nc(=O)cc(C)n21. The number of fused-ring (bicyclic) bond motifs is 3. The Hall–Kier alpha value is -2.67. The molecular weight excluding hydrogens is 332 g/mol. The lowest BCUT2D eigenvalue weighted by Crippen LogP contribution is -2.33. The molecule has 0 fully saturated rings. The van der Waals surface area contributed by atoms with Crippen molar-refractivity contribution < 1.29 is 9.53 Å². The van der Waals surface area contributed by atoms with E-state index in [4.69, 9.17) is 4.74 Å². The van der Waals surface area contributed by atoms with E-state index in [2.05, 4.69) is 10.3 Å². The van der Waals surface area contributed by atoms with E-state index in [0.717, 1.165) is 23.0 Å². The van der Waals surface area contributed by atoms with Gasteiger partial charge in [0.15, 0.2) is 5.65 Å². The standard InChI is InChI=1S/C19H24N4O3/c1-4-26-11-7-10-20-19(25)14(3)23-16-9-6-5-8-15(16)18-21-17(24)12-13(2)22(18)23/h5-6,8-9,12,14H,4,7,10-11H2,1-3H3,(H,20,25)/t14-/m0/s1. The predicted octanol–water partition coefficient (Wildman–Crippen LogP) is 2.06. The van der Waals surface area contributed by atoms with Crippen LogP contribution in [0.2, 0.25) is 0 Å². The third-order valence-corrected chi connectivity index (χ3v) is 4.41. The summed E-state index contributed by atoms with van der Waals surface area (Å²) in [5.41, 5.74) is 1.90. The fraction of sp³-hybridized carbons (Fsp3) is 0.421. The third-order valence-electron chi connectivity index (χ3n) is 4.41. The van der Waals surface area contributed by atoms with Gasteiger partial charge in [-0.25, -0.2) is 4.52 Å². The summed E-state index contributed by atoms with van der Waals surface area (Å²) in [5, 5.41) is 3.81. The van der Waals surface area contributed by atoms with E-state index >= 15 is 0 Å². The minimum atomic E-state index is -0.451. The molecule has 0 aliphatic heterocycles. The maximum atomic E-state index is 12.7. The molecule has 3 aromatic rings. The molecule has 138 valence electrons. The van der Waals surface area contributed by atoms with Gasteiger partial charge in [-0.15, -0.1) is 0 Å². The number of hydrogen-bond acceptors (Lipinski definition) is 4. The first-order valence-electron chi connectivity index (χ1n) is 8.89. The average Bonchev–Trinajstić information content (AvgIpc) is 2.95. The number of nitrogens with zero attached hydrogens (tertiary/aromatic N) is 3. The van der Waals surface area contributed by atoms with Crippen molar-refractivity contribution in [3.63, 3.8) is 0 Å². The first-order valence-corrected chi connectivity index (χ1v) is 8.89. The molecule has 1 N–H and O–H groups in total. The van der Waals surface area contributed by atoms with Crippen LogP contribution >= 0.6 is 0 Å². The van der Waals surface area contributed by atoms with Gasteiger partial charge in [0.2, 0.25) is 5.91 Å². The first-order chi connectivity index (χ1) is 12.5. The summed E-state index contributed by atoms with van der Waals surface area (Å²) in [5.74, 6) is -0.0812. The van der Waals surface area contributed by atoms with Crippen LogP contribution in [0.1, 0.15) is 32.0 Å². The molecule has 2 heterocycles. The summed E-state index contributed by atoms with van der Waals surface area (Å²) >= 11 is 0. The second-order valence-electron chi connectivity index (χ2n) is 6.25. The molecule has 0 radical (unpaired) electrons. The van der Waals surface area contributed by atoms with Gasteiger partial charge < -0.3 is 10.1 Å². The Morgan fingerprint density at radius 3 is 2.88 bits per heavy atom. The Bertz CT molecular complexity index is 990. The number of benzene rings is 1. The van der Waals surface area contributed by atoms with Crippen molar-refractivity contribution in [1.29, 1.82) is 0 Å². The normalized spacial score (nSPS) is 12.6. The van der Waals surface area contributed by atoms with Gasteiger partial charge in [0.05, 0.1) is 5.52 Å². The zero-order valence-corrected chi connectivity index (χ0v) is 15.4. The maximum Gasteiger partial charge on any atom is 0.273 e. The molecule has 0 aliphatic rings. The zero-order chi connectivity index (χ0) is 18.7. The van der Waals surface area contributed by atoms with Gasteiger partial charge in [0.25, 0.3) is 5.56 Å². The monoisotopic (exact) mass is 356 g/mol. The summed E-state index contributed by atoms with van der Waals surface area (Å²) in [6, 6.07) is 8.70. The molecule has 1 aromatic carbocycles. The van der Waals surface area contributed by atoms with Crippen LogP contribution in [0.15, 0.2) is 35.1 Å². The van der Waals surface area contributed by atoms with Gasteiger partial charge in [0, 0.05) is 36.9 Å². The van der Waals surface area contributed by atoms with E-state index in [1.165, 1.54) is 6.07 Å². The number of aryl methyl sites for hydroxylation is 1. The Labute approximate surface area is 151 Å². The molecule has 1 atom stereocenters. The minimum absolute atomic E-state index is 0.0812. The highest BCUT2D eigenvalue weighted by Crippen LogP contribution is 2.24. The van der Waals surface area contributed by atoms with Crippen molar-refractivity contribution in [2.75, 3.05) is 19.8 Å². The Balaban J connectivity index is 1.98. The molecule has 0 bridgehead atoms. The Morgan fingerprint density at radius 1 is 1.35 bits per heavy atom. The van der Waals surface area contributed by atoms with Crippen LogP contribution in [0.3, 0.4) is 0 Å². The van der Waals surface area contributed by atoms with Crippen molar-refractivity contribution in [1.82, 2.24) is 19.5 Å². The first kappa shape index (κ1) is 18.1. The van der Waals surface area contributed by atoms with Gasteiger partial charge in [-0.2, -0.15) is 4.98 Å². The van der Waals surface area contributed by atoms with Crippen LogP contribution in [0.4, 0.5) is 0 Å². The highest BCUT2D eigenvalue weighted by molar-refractivity contribution is 5.94. The summed E-state index contributed by atoms with van der Waals surface area (Å²) in [6.45, 7) is 7.51. The van der Waals surface area contributed by atoms with Crippen LogP contribution in [0.5, 0.6) is 0 Å². The van der Waals surface area contributed by atoms with E-state index in [1.807, 2.05) is 54.2 Å². The molecule has 0 aliphatic carbocycles. The second kappa shape index (κ2) is 7.70. The molecular formula is C19H24N4O3. The maximum absolute atomic E-state index is 12.7. The fourth-order valence-electron chi connectivity index (χ4n) is 3.18. The molecule has 0 saturated carbocycles. The van der Waals surface area contributed by atoms with E-state index in [0.29, 0.717) is 25.4 Å².